The van der Waals surface area contributed by atoms with Crippen LogP contribution in [0.15, 0.2) is 42.5 Å². The van der Waals surface area contributed by atoms with Gasteiger partial charge >= 0.3 is 0 Å². The molecule has 0 radical (unpaired) electrons. The van der Waals surface area contributed by atoms with Gasteiger partial charge in [-0.3, -0.25) is 4.90 Å². The van der Waals surface area contributed by atoms with Crippen LogP contribution in [0.4, 0.5) is 8.78 Å². The fraction of sp³-hybridized carbons (Fsp3) is 0.429. The lowest BCUT2D eigenvalue weighted by Crippen LogP contribution is -2.49. The number of para-hydroxylation sites is 1. The Morgan fingerprint density at radius 3 is 2.45 bits per heavy atom. The number of benzene rings is 2. The number of hydrogen-bond acceptors (Lipinski definition) is 6. The summed E-state index contributed by atoms with van der Waals surface area (Å²) in [6.07, 6.45) is -2.41. The number of rotatable bonds is 5. The maximum Gasteiger partial charge on any atom is 0.187 e. The van der Waals surface area contributed by atoms with Crippen LogP contribution < -0.4 is 4.74 Å². The van der Waals surface area contributed by atoms with Crippen molar-refractivity contribution in [3.63, 3.8) is 0 Å². The van der Waals surface area contributed by atoms with E-state index in [1.54, 1.807) is 17.0 Å². The van der Waals surface area contributed by atoms with E-state index in [9.17, 15) is 29.2 Å². The van der Waals surface area contributed by atoms with E-state index in [1.807, 2.05) is 18.2 Å². The van der Waals surface area contributed by atoms with E-state index in [0.29, 0.717) is 18.7 Å². The molecule has 1 aliphatic carbocycles. The van der Waals surface area contributed by atoms with Crippen LogP contribution >= 0.6 is 0 Å². The number of fused-ring (bicyclic) bond motifs is 1. The Hall–Kier alpha value is -2.26. The summed E-state index contributed by atoms with van der Waals surface area (Å²) in [5.74, 6) is -3.02. The molecule has 0 unspecified atom stereocenters. The summed E-state index contributed by atoms with van der Waals surface area (Å²) >= 11 is 0. The normalized spacial score (nSPS) is 30.3. The predicted octanol–water partition coefficient (Wildman–Crippen LogP) is 1.58. The van der Waals surface area contributed by atoms with Gasteiger partial charge < -0.3 is 25.2 Å². The molecular formula is C21H23F2NO5. The van der Waals surface area contributed by atoms with Gasteiger partial charge in [-0.2, -0.15) is 0 Å². The van der Waals surface area contributed by atoms with Crippen LogP contribution in [0.1, 0.15) is 18.1 Å². The molecule has 6 nitrogen and oxygen atoms in total. The molecule has 2 aromatic rings. The molecule has 2 fully saturated rings. The van der Waals surface area contributed by atoms with Crippen molar-refractivity contribution in [2.24, 2.45) is 5.92 Å². The van der Waals surface area contributed by atoms with Gasteiger partial charge in [0.15, 0.2) is 17.4 Å². The van der Waals surface area contributed by atoms with E-state index in [0.717, 1.165) is 12.1 Å². The van der Waals surface area contributed by atoms with Crippen molar-refractivity contribution in [2.75, 3.05) is 19.6 Å². The van der Waals surface area contributed by atoms with Crippen molar-refractivity contribution < 1.29 is 33.9 Å². The zero-order valence-electron chi connectivity index (χ0n) is 15.6. The minimum absolute atomic E-state index is 0.00677. The van der Waals surface area contributed by atoms with Crippen LogP contribution in [0.5, 0.6) is 11.5 Å². The minimum Gasteiger partial charge on any atom is -0.503 e. The van der Waals surface area contributed by atoms with Gasteiger partial charge in [0.25, 0.3) is 0 Å². The van der Waals surface area contributed by atoms with Crippen LogP contribution in [-0.2, 0) is 0 Å². The third kappa shape index (κ3) is 3.69. The Morgan fingerprint density at radius 2 is 1.83 bits per heavy atom. The second-order valence-electron chi connectivity index (χ2n) is 7.88. The lowest BCUT2D eigenvalue weighted by atomic mass is 9.93. The van der Waals surface area contributed by atoms with Gasteiger partial charge in [0.1, 0.15) is 23.6 Å². The molecule has 156 valence electrons. The first-order chi connectivity index (χ1) is 13.8. The quantitative estimate of drug-likeness (QED) is 0.602. The smallest absolute Gasteiger partial charge is 0.187 e. The standard InChI is InChI=1S/C21H23F2NO5/c22-15-6-12(7-16(23)19(15)26)17(25)10-24-9-13-8-18(20(27)21(13,28)11-24)29-14-4-2-1-3-5-14/h1-7,13,17-18,20,25-28H,8-11H2/t13-,17+,18+,20+,21-/m1/s1. The topological polar surface area (TPSA) is 93.4 Å². The number of hydrogen-bond donors (Lipinski definition) is 4. The molecule has 2 aliphatic rings. The number of aliphatic hydroxyl groups is 3. The highest BCUT2D eigenvalue weighted by molar-refractivity contribution is 5.31. The average molecular weight is 407 g/mol. The zero-order valence-corrected chi connectivity index (χ0v) is 15.6. The number of aliphatic hydroxyl groups excluding tert-OH is 2. The van der Waals surface area contributed by atoms with E-state index in [-0.39, 0.29) is 24.6 Å². The first-order valence-electron chi connectivity index (χ1n) is 9.48. The van der Waals surface area contributed by atoms with E-state index in [1.165, 1.54) is 0 Å². The fourth-order valence-corrected chi connectivity index (χ4v) is 4.42. The molecular weight excluding hydrogens is 384 g/mol. The molecule has 0 amide bonds. The van der Waals surface area contributed by atoms with E-state index >= 15 is 0 Å². The van der Waals surface area contributed by atoms with Crippen molar-refractivity contribution in [1.29, 1.82) is 0 Å². The third-order valence-corrected chi connectivity index (χ3v) is 5.93. The molecule has 1 saturated carbocycles. The molecule has 2 aromatic carbocycles. The summed E-state index contributed by atoms with van der Waals surface area (Å²) in [4.78, 5) is 1.75. The maximum atomic E-state index is 13.5. The molecule has 0 bridgehead atoms. The Kier molecular flexibility index (Phi) is 5.20. The summed E-state index contributed by atoms with van der Waals surface area (Å²) in [7, 11) is 0. The molecule has 1 saturated heterocycles. The first-order valence-corrected chi connectivity index (χ1v) is 9.48. The highest BCUT2D eigenvalue weighted by Crippen LogP contribution is 2.43. The van der Waals surface area contributed by atoms with Gasteiger partial charge in [0, 0.05) is 25.6 Å². The monoisotopic (exact) mass is 407 g/mol. The summed E-state index contributed by atoms with van der Waals surface area (Å²) in [6.45, 7) is 0.537. The number of ether oxygens (including phenoxy) is 1. The van der Waals surface area contributed by atoms with Gasteiger partial charge in [-0.05, 0) is 36.2 Å². The lowest BCUT2D eigenvalue weighted by molar-refractivity contribution is -0.0875. The average Bonchev–Trinajstić information content (AvgIpc) is 3.11. The molecule has 4 N–H and O–H groups in total. The van der Waals surface area contributed by atoms with Gasteiger partial charge in [0.05, 0.1) is 6.10 Å². The molecule has 1 heterocycles. The van der Waals surface area contributed by atoms with Crippen LogP contribution in [0.2, 0.25) is 0 Å². The van der Waals surface area contributed by atoms with Crippen molar-refractivity contribution >= 4 is 0 Å². The second kappa shape index (κ2) is 7.53. The van der Waals surface area contributed by atoms with Gasteiger partial charge in [-0.15, -0.1) is 0 Å². The Labute approximate surface area is 166 Å². The SMILES string of the molecule is Oc1c(F)cc([C@@H](O)CN2C[C@H]3C[C@H](Oc4ccccc4)[C@H](O)[C@@]3(O)C2)cc1F. The summed E-state index contributed by atoms with van der Waals surface area (Å²) < 4.78 is 32.9. The predicted molar refractivity (Wildman–Crippen MR) is 99.3 cm³/mol. The number of aromatic hydroxyl groups is 1. The first kappa shape index (κ1) is 20.0. The van der Waals surface area contributed by atoms with Crippen molar-refractivity contribution in [1.82, 2.24) is 4.90 Å². The van der Waals surface area contributed by atoms with Crippen molar-refractivity contribution in [3.8, 4) is 11.5 Å². The number of β-amino-alcohol motifs (C(OH)–C–C–N with tert-alkyl or cyclic N) is 2. The maximum absolute atomic E-state index is 13.5. The Bertz CT molecular complexity index is 860. The van der Waals surface area contributed by atoms with Crippen molar-refractivity contribution in [2.45, 2.75) is 30.3 Å². The second-order valence-corrected chi connectivity index (χ2v) is 7.88. The number of nitrogens with zero attached hydrogens (tertiary/aromatic N) is 1. The van der Waals surface area contributed by atoms with Crippen LogP contribution in [0.25, 0.3) is 0 Å². The Balaban J connectivity index is 1.41. The van der Waals surface area contributed by atoms with Gasteiger partial charge in [-0.25, -0.2) is 8.78 Å². The summed E-state index contributed by atoms with van der Waals surface area (Å²) in [5, 5.41) is 41.2. The van der Waals surface area contributed by atoms with E-state index in [4.69, 9.17) is 4.74 Å². The molecule has 29 heavy (non-hydrogen) atoms. The molecule has 1 aliphatic heterocycles. The van der Waals surface area contributed by atoms with Gasteiger partial charge in [0.2, 0.25) is 0 Å². The third-order valence-electron chi connectivity index (χ3n) is 5.93. The molecule has 5 atom stereocenters. The number of phenols is 1. The molecule has 4 rings (SSSR count). The fourth-order valence-electron chi connectivity index (χ4n) is 4.42. The van der Waals surface area contributed by atoms with E-state index < -0.39 is 41.3 Å². The lowest BCUT2D eigenvalue weighted by Gasteiger charge is -2.29. The van der Waals surface area contributed by atoms with E-state index in [2.05, 4.69) is 0 Å². The van der Waals surface area contributed by atoms with Crippen LogP contribution in [-0.4, -0.2) is 62.8 Å². The van der Waals surface area contributed by atoms with Gasteiger partial charge in [-0.1, -0.05) is 18.2 Å². The van der Waals surface area contributed by atoms with Crippen LogP contribution in [0.3, 0.4) is 0 Å². The largest absolute Gasteiger partial charge is 0.503 e. The number of likely N-dealkylation sites (tertiary alicyclic amines) is 1. The Morgan fingerprint density at radius 1 is 1.17 bits per heavy atom. The summed E-state index contributed by atoms with van der Waals surface area (Å²) in [5.41, 5.74) is -1.39. The highest BCUT2D eigenvalue weighted by Gasteiger charge is 2.59. The number of phenolic OH excluding ortho intramolecular Hbond substituents is 1. The molecule has 0 aromatic heterocycles. The van der Waals surface area contributed by atoms with Crippen molar-refractivity contribution in [3.05, 3.63) is 59.7 Å². The summed E-state index contributed by atoms with van der Waals surface area (Å²) in [6, 6.07) is 10.8. The number of halogens is 2. The van der Waals surface area contributed by atoms with Crippen LogP contribution in [0, 0.1) is 17.6 Å². The minimum atomic E-state index is -1.38. The highest BCUT2D eigenvalue weighted by atomic mass is 19.1. The molecule has 8 heteroatoms. The molecule has 0 spiro atoms. The zero-order chi connectivity index (χ0) is 20.8.